The van der Waals surface area contributed by atoms with Crippen LogP contribution in [0.1, 0.15) is 5.56 Å². The lowest BCUT2D eigenvalue weighted by molar-refractivity contribution is -0.119. The Kier molecular flexibility index (Phi) is 5.62. The van der Waals surface area contributed by atoms with Crippen LogP contribution in [0.25, 0.3) is 0 Å². The Labute approximate surface area is 132 Å². The second-order valence-electron chi connectivity index (χ2n) is 4.52. The van der Waals surface area contributed by atoms with Gasteiger partial charge in [-0.2, -0.15) is 5.10 Å². The average Bonchev–Trinajstić information content (AvgIpc) is 2.56. The van der Waals surface area contributed by atoms with E-state index in [4.69, 9.17) is 4.74 Å². The van der Waals surface area contributed by atoms with Crippen LogP contribution in [0, 0.1) is 11.6 Å². The zero-order valence-corrected chi connectivity index (χ0v) is 12.3. The molecule has 120 valence electrons. The number of benzene rings is 2. The largest absolute Gasteiger partial charge is 0.495 e. The van der Waals surface area contributed by atoms with Crippen LogP contribution in [0.15, 0.2) is 47.6 Å². The summed E-state index contributed by atoms with van der Waals surface area (Å²) in [6.45, 7) is -0.0184. The van der Waals surface area contributed by atoms with Crippen molar-refractivity contribution < 1.29 is 18.3 Å². The normalized spacial score (nSPS) is 10.6. The van der Waals surface area contributed by atoms with Gasteiger partial charge in [0, 0.05) is 0 Å². The molecular formula is C16H15F2N3O2. The fraction of sp³-hybridized carbons (Fsp3) is 0.125. The quantitative estimate of drug-likeness (QED) is 0.635. The molecule has 0 saturated carbocycles. The van der Waals surface area contributed by atoms with Gasteiger partial charge in [0.25, 0.3) is 5.91 Å². The predicted octanol–water partition coefficient (Wildman–Crippen LogP) is 2.54. The van der Waals surface area contributed by atoms with Crippen molar-refractivity contribution in [3.63, 3.8) is 0 Å². The Bertz CT molecular complexity index is 720. The first-order valence-corrected chi connectivity index (χ1v) is 6.74. The van der Waals surface area contributed by atoms with Crippen molar-refractivity contribution in [3.8, 4) is 5.75 Å². The number of para-hydroxylation sites is 2. The molecule has 0 atom stereocenters. The number of carbonyl (C=O) groups is 1. The van der Waals surface area contributed by atoms with E-state index in [-0.39, 0.29) is 6.54 Å². The molecule has 0 saturated heterocycles. The van der Waals surface area contributed by atoms with Crippen LogP contribution in [-0.4, -0.2) is 25.8 Å². The van der Waals surface area contributed by atoms with Crippen molar-refractivity contribution in [2.75, 3.05) is 19.0 Å². The van der Waals surface area contributed by atoms with Crippen LogP contribution < -0.4 is 15.5 Å². The zero-order chi connectivity index (χ0) is 16.7. The summed E-state index contributed by atoms with van der Waals surface area (Å²) < 4.78 is 30.9. The molecule has 0 aliphatic heterocycles. The maximum absolute atomic E-state index is 13.0. The number of methoxy groups -OCH3 is 1. The Hall–Kier alpha value is -2.96. The third-order valence-corrected chi connectivity index (χ3v) is 2.89. The average molecular weight is 319 g/mol. The lowest BCUT2D eigenvalue weighted by Crippen LogP contribution is -2.26. The number of nitrogens with zero attached hydrogens (tertiary/aromatic N) is 1. The lowest BCUT2D eigenvalue weighted by Gasteiger charge is -2.09. The number of anilines is 1. The molecule has 0 heterocycles. The molecule has 0 bridgehead atoms. The highest BCUT2D eigenvalue weighted by atomic mass is 19.2. The number of rotatable bonds is 6. The van der Waals surface area contributed by atoms with E-state index in [0.717, 1.165) is 12.1 Å². The van der Waals surface area contributed by atoms with Gasteiger partial charge in [-0.05, 0) is 29.8 Å². The van der Waals surface area contributed by atoms with Gasteiger partial charge in [-0.1, -0.05) is 18.2 Å². The summed E-state index contributed by atoms with van der Waals surface area (Å²) in [6.07, 6.45) is 1.23. The maximum Gasteiger partial charge on any atom is 0.259 e. The highest BCUT2D eigenvalue weighted by molar-refractivity contribution is 5.84. The minimum Gasteiger partial charge on any atom is -0.495 e. The molecule has 0 aromatic heterocycles. The van der Waals surface area contributed by atoms with E-state index in [1.807, 2.05) is 12.1 Å². The number of nitrogens with one attached hydrogen (secondary N) is 2. The van der Waals surface area contributed by atoms with Crippen LogP contribution in [0.5, 0.6) is 5.75 Å². The number of ether oxygens (including phenoxy) is 1. The number of hydrogen-bond donors (Lipinski definition) is 2. The van der Waals surface area contributed by atoms with Gasteiger partial charge in [0.1, 0.15) is 5.75 Å². The number of carbonyl (C=O) groups excluding carboxylic acids is 1. The second-order valence-corrected chi connectivity index (χ2v) is 4.52. The van der Waals surface area contributed by atoms with Crippen LogP contribution in [-0.2, 0) is 4.79 Å². The Balaban J connectivity index is 1.85. The molecule has 7 heteroatoms. The van der Waals surface area contributed by atoms with Gasteiger partial charge in [-0.3, -0.25) is 4.79 Å². The van der Waals surface area contributed by atoms with E-state index >= 15 is 0 Å². The third-order valence-electron chi connectivity index (χ3n) is 2.89. The zero-order valence-electron chi connectivity index (χ0n) is 12.3. The molecule has 2 rings (SSSR count). The highest BCUT2D eigenvalue weighted by Gasteiger charge is 2.04. The van der Waals surface area contributed by atoms with Crippen molar-refractivity contribution in [2.45, 2.75) is 0 Å². The number of hydrogen-bond acceptors (Lipinski definition) is 4. The lowest BCUT2D eigenvalue weighted by atomic mass is 10.2. The summed E-state index contributed by atoms with van der Waals surface area (Å²) >= 11 is 0. The number of amides is 1. The van der Waals surface area contributed by atoms with Gasteiger partial charge in [-0.25, -0.2) is 14.2 Å². The fourth-order valence-electron chi connectivity index (χ4n) is 1.78. The summed E-state index contributed by atoms with van der Waals surface area (Å²) in [7, 11) is 1.53. The monoisotopic (exact) mass is 319 g/mol. The molecule has 0 aliphatic rings. The molecule has 0 spiro atoms. The van der Waals surface area contributed by atoms with Crippen molar-refractivity contribution >= 4 is 17.8 Å². The molecular weight excluding hydrogens is 304 g/mol. The second kappa shape index (κ2) is 7.88. The van der Waals surface area contributed by atoms with E-state index in [2.05, 4.69) is 15.8 Å². The van der Waals surface area contributed by atoms with Gasteiger partial charge in [0.2, 0.25) is 0 Å². The van der Waals surface area contributed by atoms with Gasteiger partial charge in [0.15, 0.2) is 11.6 Å². The summed E-state index contributed by atoms with van der Waals surface area (Å²) in [4.78, 5) is 11.7. The van der Waals surface area contributed by atoms with Gasteiger partial charge in [-0.15, -0.1) is 0 Å². The van der Waals surface area contributed by atoms with Gasteiger partial charge in [0.05, 0.1) is 25.6 Å². The molecule has 2 aromatic carbocycles. The first kappa shape index (κ1) is 16.4. The number of halogens is 2. The highest BCUT2D eigenvalue weighted by Crippen LogP contribution is 2.22. The summed E-state index contributed by atoms with van der Waals surface area (Å²) in [5.74, 6) is -1.69. The van der Waals surface area contributed by atoms with Crippen molar-refractivity contribution in [3.05, 3.63) is 59.7 Å². The summed E-state index contributed by atoms with van der Waals surface area (Å²) in [5.41, 5.74) is 3.29. The van der Waals surface area contributed by atoms with Crippen molar-refractivity contribution in [1.29, 1.82) is 0 Å². The van der Waals surface area contributed by atoms with Crippen LogP contribution in [0.2, 0.25) is 0 Å². The van der Waals surface area contributed by atoms with E-state index in [0.29, 0.717) is 17.0 Å². The predicted molar refractivity (Wildman–Crippen MR) is 83.6 cm³/mol. The summed E-state index contributed by atoms with van der Waals surface area (Å²) in [6, 6.07) is 10.5. The van der Waals surface area contributed by atoms with Crippen LogP contribution >= 0.6 is 0 Å². The van der Waals surface area contributed by atoms with Crippen LogP contribution in [0.4, 0.5) is 14.5 Å². The molecule has 1 amide bonds. The fourth-order valence-corrected chi connectivity index (χ4v) is 1.78. The van der Waals surface area contributed by atoms with Crippen LogP contribution in [0.3, 0.4) is 0 Å². The first-order chi connectivity index (χ1) is 11.1. The molecule has 0 unspecified atom stereocenters. The van der Waals surface area contributed by atoms with E-state index < -0.39 is 17.5 Å². The smallest absolute Gasteiger partial charge is 0.259 e. The van der Waals surface area contributed by atoms with Crippen molar-refractivity contribution in [1.82, 2.24) is 5.43 Å². The third kappa shape index (κ3) is 4.77. The summed E-state index contributed by atoms with van der Waals surface area (Å²) in [5, 5.41) is 6.59. The SMILES string of the molecule is COc1ccccc1NCC(=O)N/N=C\c1ccc(F)c(F)c1. The molecule has 2 aromatic rings. The van der Waals surface area contributed by atoms with Gasteiger partial charge < -0.3 is 10.1 Å². The minimum atomic E-state index is -0.974. The molecule has 5 nitrogen and oxygen atoms in total. The Morgan fingerprint density at radius 1 is 1.22 bits per heavy atom. The minimum absolute atomic E-state index is 0.0184. The van der Waals surface area contributed by atoms with E-state index in [9.17, 15) is 13.6 Å². The molecule has 23 heavy (non-hydrogen) atoms. The molecule has 0 fully saturated rings. The standard InChI is InChI=1S/C16H15F2N3O2/c1-23-15-5-3-2-4-14(15)19-10-16(22)21-20-9-11-6-7-12(17)13(18)8-11/h2-9,19H,10H2,1H3,(H,21,22)/b20-9-. The van der Waals surface area contributed by atoms with E-state index in [1.165, 1.54) is 19.4 Å². The molecule has 0 aliphatic carbocycles. The van der Waals surface area contributed by atoms with E-state index in [1.54, 1.807) is 12.1 Å². The number of hydrazone groups is 1. The Morgan fingerprint density at radius 3 is 2.74 bits per heavy atom. The topological polar surface area (TPSA) is 62.7 Å². The molecule has 2 N–H and O–H groups in total. The Morgan fingerprint density at radius 2 is 2.00 bits per heavy atom. The van der Waals surface area contributed by atoms with Gasteiger partial charge >= 0.3 is 0 Å². The van der Waals surface area contributed by atoms with Crippen molar-refractivity contribution in [2.24, 2.45) is 5.10 Å². The maximum atomic E-state index is 13.0. The molecule has 0 radical (unpaired) electrons. The first-order valence-electron chi connectivity index (χ1n) is 6.74.